The molecule has 0 spiro atoms. The molecular weight excluding hydrogens is 166 g/mol. The molecule has 0 aliphatic heterocycles. The molecule has 0 amide bonds. The first-order valence-electron chi connectivity index (χ1n) is 4.19. The lowest BCUT2D eigenvalue weighted by molar-refractivity contribution is 0.466. The molecule has 0 saturated carbocycles. The predicted molar refractivity (Wildman–Crippen MR) is 51.8 cm³/mol. The highest BCUT2D eigenvalue weighted by atomic mass is 16.3. The molecule has 1 rings (SSSR count). The minimum Gasteiger partial charge on any atom is -0.507 e. The fourth-order valence-electron chi connectivity index (χ4n) is 1.29. The van der Waals surface area contributed by atoms with E-state index in [0.29, 0.717) is 5.75 Å². The smallest absolute Gasteiger partial charge is 0.121 e. The van der Waals surface area contributed by atoms with E-state index in [2.05, 4.69) is 5.18 Å². The lowest BCUT2D eigenvalue weighted by Gasteiger charge is -2.08. The number of rotatable bonds is 2. The van der Waals surface area contributed by atoms with Gasteiger partial charge in [-0.15, -0.1) is 0 Å². The maximum absolute atomic E-state index is 10.3. The Morgan fingerprint density at radius 3 is 2.15 bits per heavy atom. The highest BCUT2D eigenvalue weighted by Crippen LogP contribution is 2.27. The molecule has 0 fully saturated rings. The monoisotopic (exact) mass is 179 g/mol. The second-order valence-corrected chi connectivity index (χ2v) is 3.28. The van der Waals surface area contributed by atoms with E-state index >= 15 is 0 Å². The summed E-state index contributed by atoms with van der Waals surface area (Å²) in [5.74, 6) is 0.293. The Balaban J connectivity index is 3.20. The van der Waals surface area contributed by atoms with Crippen molar-refractivity contribution in [3.63, 3.8) is 0 Å². The number of nitroso groups, excluding NO2 is 1. The van der Waals surface area contributed by atoms with E-state index in [1.165, 1.54) is 0 Å². The highest BCUT2D eigenvalue weighted by molar-refractivity contribution is 5.42. The second kappa shape index (κ2) is 3.56. The van der Waals surface area contributed by atoms with E-state index in [-0.39, 0.29) is 6.04 Å². The van der Waals surface area contributed by atoms with Gasteiger partial charge in [0.15, 0.2) is 0 Å². The standard InChI is InChI=1S/C10H13NO2/c1-6-4-9(8(3)11-13)5-7(2)10(6)12/h4-5,8,12H,1-3H3. The Morgan fingerprint density at radius 1 is 1.31 bits per heavy atom. The Labute approximate surface area is 77.4 Å². The molecule has 3 heteroatoms. The number of phenolic OH excluding ortho intramolecular Hbond substituents is 1. The fourth-order valence-corrected chi connectivity index (χ4v) is 1.29. The molecule has 13 heavy (non-hydrogen) atoms. The van der Waals surface area contributed by atoms with Crippen LogP contribution in [0.25, 0.3) is 0 Å². The van der Waals surface area contributed by atoms with E-state index in [0.717, 1.165) is 16.7 Å². The maximum atomic E-state index is 10.3. The lowest BCUT2D eigenvalue weighted by Crippen LogP contribution is -1.91. The maximum Gasteiger partial charge on any atom is 0.121 e. The summed E-state index contributed by atoms with van der Waals surface area (Å²) in [4.78, 5) is 10.3. The van der Waals surface area contributed by atoms with Crippen LogP contribution in [0.5, 0.6) is 5.75 Å². The van der Waals surface area contributed by atoms with E-state index in [4.69, 9.17) is 0 Å². The predicted octanol–water partition coefficient (Wildman–Crippen LogP) is 2.84. The van der Waals surface area contributed by atoms with Crippen LogP contribution in [0.4, 0.5) is 0 Å². The molecule has 3 nitrogen and oxygen atoms in total. The van der Waals surface area contributed by atoms with Gasteiger partial charge >= 0.3 is 0 Å². The first-order chi connectivity index (χ1) is 6.06. The van der Waals surface area contributed by atoms with Crippen LogP contribution in [-0.2, 0) is 0 Å². The topological polar surface area (TPSA) is 49.7 Å². The molecule has 1 aromatic rings. The van der Waals surface area contributed by atoms with Crippen LogP contribution in [0.15, 0.2) is 17.3 Å². The number of nitrogens with zero attached hydrogens (tertiary/aromatic N) is 1. The molecule has 0 aromatic heterocycles. The summed E-state index contributed by atoms with van der Waals surface area (Å²) < 4.78 is 0. The molecule has 0 bridgehead atoms. The molecule has 0 heterocycles. The van der Waals surface area contributed by atoms with Crippen molar-refractivity contribution in [1.29, 1.82) is 0 Å². The third-order valence-electron chi connectivity index (χ3n) is 2.15. The summed E-state index contributed by atoms with van der Waals surface area (Å²) >= 11 is 0. The minimum atomic E-state index is -0.349. The third kappa shape index (κ3) is 1.86. The van der Waals surface area contributed by atoms with Gasteiger partial charge in [0, 0.05) is 0 Å². The number of hydrogen-bond donors (Lipinski definition) is 1. The highest BCUT2D eigenvalue weighted by Gasteiger charge is 2.08. The molecule has 1 N–H and O–H groups in total. The molecular formula is C10H13NO2. The summed E-state index contributed by atoms with van der Waals surface area (Å²) in [6.07, 6.45) is 0. The third-order valence-corrected chi connectivity index (χ3v) is 2.15. The van der Waals surface area contributed by atoms with Crippen LogP contribution in [-0.4, -0.2) is 5.11 Å². The van der Waals surface area contributed by atoms with Gasteiger partial charge in [-0.2, -0.15) is 4.91 Å². The summed E-state index contributed by atoms with van der Waals surface area (Å²) in [6, 6.07) is 3.22. The van der Waals surface area contributed by atoms with Crippen molar-refractivity contribution >= 4 is 0 Å². The summed E-state index contributed by atoms with van der Waals surface area (Å²) in [5.41, 5.74) is 2.42. The SMILES string of the molecule is Cc1cc(C(C)N=O)cc(C)c1O. The number of aryl methyl sites for hydroxylation is 2. The Bertz CT molecular complexity index is 311. The number of phenols is 1. The van der Waals surface area contributed by atoms with Crippen molar-refractivity contribution in [3.05, 3.63) is 33.7 Å². The van der Waals surface area contributed by atoms with Crippen LogP contribution in [0.3, 0.4) is 0 Å². The number of benzene rings is 1. The zero-order chi connectivity index (χ0) is 10.0. The molecule has 0 aliphatic carbocycles. The largest absolute Gasteiger partial charge is 0.507 e. The van der Waals surface area contributed by atoms with E-state index in [1.54, 1.807) is 19.1 Å². The summed E-state index contributed by atoms with van der Waals surface area (Å²) in [5, 5.41) is 12.4. The van der Waals surface area contributed by atoms with Crippen molar-refractivity contribution in [1.82, 2.24) is 0 Å². The Morgan fingerprint density at radius 2 is 1.77 bits per heavy atom. The van der Waals surface area contributed by atoms with Crippen molar-refractivity contribution in [3.8, 4) is 5.75 Å². The van der Waals surface area contributed by atoms with Crippen LogP contribution in [0, 0.1) is 18.8 Å². The van der Waals surface area contributed by atoms with E-state index in [9.17, 15) is 10.0 Å². The van der Waals surface area contributed by atoms with Gasteiger partial charge in [-0.05, 0) is 37.5 Å². The average molecular weight is 179 g/mol. The average Bonchev–Trinajstić information content (AvgIpc) is 2.12. The van der Waals surface area contributed by atoms with Crippen molar-refractivity contribution in [2.45, 2.75) is 26.8 Å². The van der Waals surface area contributed by atoms with Gasteiger partial charge in [-0.25, -0.2) is 0 Å². The zero-order valence-electron chi connectivity index (χ0n) is 8.03. The van der Waals surface area contributed by atoms with Gasteiger partial charge in [0.25, 0.3) is 0 Å². The molecule has 1 unspecified atom stereocenters. The normalized spacial score (nSPS) is 12.5. The Kier molecular flexibility index (Phi) is 2.66. The van der Waals surface area contributed by atoms with E-state index < -0.39 is 0 Å². The van der Waals surface area contributed by atoms with Crippen LogP contribution >= 0.6 is 0 Å². The van der Waals surface area contributed by atoms with Crippen molar-refractivity contribution in [2.75, 3.05) is 0 Å². The zero-order valence-corrected chi connectivity index (χ0v) is 8.03. The quantitative estimate of drug-likeness (QED) is 0.709. The number of aromatic hydroxyl groups is 1. The number of hydrogen-bond acceptors (Lipinski definition) is 3. The molecule has 0 radical (unpaired) electrons. The first kappa shape index (κ1) is 9.71. The van der Waals surface area contributed by atoms with Crippen LogP contribution < -0.4 is 0 Å². The molecule has 1 aromatic carbocycles. The summed E-state index contributed by atoms with van der Waals surface area (Å²) in [7, 11) is 0. The van der Waals surface area contributed by atoms with Gasteiger partial charge in [-0.3, -0.25) is 0 Å². The molecule has 1 atom stereocenters. The van der Waals surface area contributed by atoms with Gasteiger partial charge < -0.3 is 5.11 Å². The summed E-state index contributed by atoms with van der Waals surface area (Å²) in [6.45, 7) is 5.35. The van der Waals surface area contributed by atoms with E-state index in [1.807, 2.05) is 13.8 Å². The van der Waals surface area contributed by atoms with Gasteiger partial charge in [0.1, 0.15) is 11.8 Å². The van der Waals surface area contributed by atoms with Crippen molar-refractivity contribution < 1.29 is 5.11 Å². The van der Waals surface area contributed by atoms with Gasteiger partial charge in [0.05, 0.1) is 0 Å². The van der Waals surface area contributed by atoms with Crippen LogP contribution in [0.2, 0.25) is 0 Å². The minimum absolute atomic E-state index is 0.293. The van der Waals surface area contributed by atoms with Crippen molar-refractivity contribution in [2.24, 2.45) is 5.18 Å². The van der Waals surface area contributed by atoms with Gasteiger partial charge in [0.2, 0.25) is 0 Å². The first-order valence-corrected chi connectivity index (χ1v) is 4.19. The van der Waals surface area contributed by atoms with Crippen LogP contribution in [0.1, 0.15) is 29.7 Å². The van der Waals surface area contributed by atoms with Gasteiger partial charge in [-0.1, -0.05) is 17.3 Å². The second-order valence-electron chi connectivity index (χ2n) is 3.28. The lowest BCUT2D eigenvalue weighted by atomic mass is 10.0. The fraction of sp³-hybridized carbons (Fsp3) is 0.400. The molecule has 0 aliphatic rings. The Hall–Kier alpha value is -1.38. The molecule has 0 saturated heterocycles. The molecule has 70 valence electrons.